The molecule has 6 nitrogen and oxygen atoms in total. The number of amides is 1. The number of aromatic nitrogens is 2. The van der Waals surface area contributed by atoms with Crippen molar-refractivity contribution in [3.8, 4) is 0 Å². The average molecular weight is 265 g/mol. The van der Waals surface area contributed by atoms with Crippen molar-refractivity contribution >= 4 is 5.91 Å². The minimum Gasteiger partial charge on any atom is -0.395 e. The van der Waals surface area contributed by atoms with Gasteiger partial charge in [-0.05, 0) is 6.07 Å². The van der Waals surface area contributed by atoms with Crippen molar-refractivity contribution in [1.29, 1.82) is 0 Å². The van der Waals surface area contributed by atoms with E-state index in [-0.39, 0.29) is 5.69 Å². The van der Waals surface area contributed by atoms with Crippen LogP contribution >= 0.6 is 0 Å². The zero-order chi connectivity index (χ0) is 13.8. The van der Waals surface area contributed by atoms with Gasteiger partial charge in [0, 0.05) is 12.6 Å². The summed E-state index contributed by atoms with van der Waals surface area (Å²) < 4.78 is 36.6. The number of carbonyl (C=O) groups excluding carboxylic acids is 1. The Bertz CT molecular complexity index is 452. The molecule has 0 aliphatic rings. The van der Waals surface area contributed by atoms with Crippen LogP contribution in [0, 0.1) is 0 Å². The van der Waals surface area contributed by atoms with Gasteiger partial charge in [0.25, 0.3) is 11.5 Å². The maximum Gasteiger partial charge on any atom is 0.406 e. The lowest BCUT2D eigenvalue weighted by Crippen LogP contribution is -2.41. The Labute approximate surface area is 99.0 Å². The topological polar surface area (TPSA) is 86.3 Å². The highest BCUT2D eigenvalue weighted by atomic mass is 19.4. The quantitative estimate of drug-likeness (QED) is 0.787. The van der Waals surface area contributed by atoms with Crippen LogP contribution in [0.1, 0.15) is 10.5 Å². The molecule has 0 aromatic carbocycles. The second kappa shape index (κ2) is 5.63. The van der Waals surface area contributed by atoms with Crippen LogP contribution in [0.4, 0.5) is 13.2 Å². The van der Waals surface area contributed by atoms with E-state index in [0.29, 0.717) is 4.90 Å². The normalized spacial score (nSPS) is 11.3. The summed E-state index contributed by atoms with van der Waals surface area (Å²) >= 11 is 0. The van der Waals surface area contributed by atoms with E-state index in [2.05, 4.69) is 5.10 Å². The molecule has 100 valence electrons. The summed E-state index contributed by atoms with van der Waals surface area (Å²) in [6, 6.07) is 1.99. The Kier molecular flexibility index (Phi) is 4.43. The first kappa shape index (κ1) is 14.2. The van der Waals surface area contributed by atoms with E-state index >= 15 is 0 Å². The van der Waals surface area contributed by atoms with Gasteiger partial charge in [-0.2, -0.15) is 18.3 Å². The second-order valence-corrected chi connectivity index (χ2v) is 3.37. The molecule has 1 aromatic heterocycles. The number of nitrogens with one attached hydrogen (secondary N) is 1. The molecule has 0 spiro atoms. The highest BCUT2D eigenvalue weighted by molar-refractivity contribution is 5.92. The molecule has 0 radical (unpaired) electrons. The predicted molar refractivity (Wildman–Crippen MR) is 53.9 cm³/mol. The monoisotopic (exact) mass is 265 g/mol. The van der Waals surface area contributed by atoms with Gasteiger partial charge in [-0.3, -0.25) is 9.59 Å². The Morgan fingerprint density at radius 3 is 2.56 bits per heavy atom. The molecule has 0 aliphatic heterocycles. The summed E-state index contributed by atoms with van der Waals surface area (Å²) in [5, 5.41) is 13.9. The number of rotatable bonds is 4. The van der Waals surface area contributed by atoms with Crippen molar-refractivity contribution < 1.29 is 23.1 Å². The number of aliphatic hydroxyl groups is 1. The molecule has 18 heavy (non-hydrogen) atoms. The van der Waals surface area contributed by atoms with Gasteiger partial charge in [-0.15, -0.1) is 0 Å². The SMILES string of the molecule is O=C(c1ccc(=O)[nH]n1)N(CCO)CC(F)(F)F. The molecule has 0 fully saturated rings. The summed E-state index contributed by atoms with van der Waals surface area (Å²) in [5.74, 6) is -1.02. The van der Waals surface area contributed by atoms with Crippen molar-refractivity contribution in [2.24, 2.45) is 0 Å². The highest BCUT2D eigenvalue weighted by Crippen LogP contribution is 2.17. The fraction of sp³-hybridized carbons (Fsp3) is 0.444. The molecule has 1 aromatic rings. The van der Waals surface area contributed by atoms with Gasteiger partial charge < -0.3 is 10.0 Å². The molecule has 1 rings (SSSR count). The molecule has 0 unspecified atom stereocenters. The van der Waals surface area contributed by atoms with Gasteiger partial charge in [-0.25, -0.2) is 5.10 Å². The van der Waals surface area contributed by atoms with Crippen LogP contribution in [-0.4, -0.2) is 52.0 Å². The molecule has 1 heterocycles. The average Bonchev–Trinajstić information content (AvgIpc) is 2.27. The number of aromatic amines is 1. The van der Waals surface area contributed by atoms with Crippen molar-refractivity contribution in [1.82, 2.24) is 15.1 Å². The van der Waals surface area contributed by atoms with E-state index in [9.17, 15) is 22.8 Å². The first-order valence-corrected chi connectivity index (χ1v) is 4.86. The summed E-state index contributed by atoms with van der Waals surface area (Å²) in [6.07, 6.45) is -4.58. The van der Waals surface area contributed by atoms with Crippen LogP contribution in [0.2, 0.25) is 0 Å². The standard InChI is InChI=1S/C9H10F3N3O3/c10-9(11,12)5-15(3-4-16)8(18)6-1-2-7(17)14-13-6/h1-2,16H,3-5H2,(H,14,17). The number of aliphatic hydroxyl groups excluding tert-OH is 1. The van der Waals surface area contributed by atoms with Gasteiger partial charge in [0.05, 0.1) is 6.61 Å². The Morgan fingerprint density at radius 1 is 1.44 bits per heavy atom. The molecule has 0 saturated carbocycles. The molecule has 0 aliphatic carbocycles. The number of halogens is 3. The number of carbonyl (C=O) groups is 1. The predicted octanol–water partition coefficient (Wildman–Crippen LogP) is -0.233. The highest BCUT2D eigenvalue weighted by Gasteiger charge is 2.33. The van der Waals surface area contributed by atoms with Crippen LogP contribution in [0.5, 0.6) is 0 Å². The van der Waals surface area contributed by atoms with Crippen LogP contribution in [-0.2, 0) is 0 Å². The first-order chi connectivity index (χ1) is 8.33. The number of hydrogen-bond donors (Lipinski definition) is 2. The summed E-state index contributed by atoms with van der Waals surface area (Å²) in [7, 11) is 0. The van der Waals surface area contributed by atoms with E-state index < -0.39 is 37.3 Å². The molecule has 0 saturated heterocycles. The smallest absolute Gasteiger partial charge is 0.395 e. The summed E-state index contributed by atoms with van der Waals surface area (Å²) in [4.78, 5) is 22.8. The lowest BCUT2D eigenvalue weighted by Gasteiger charge is -2.22. The number of H-pyrrole nitrogens is 1. The third-order valence-corrected chi connectivity index (χ3v) is 1.93. The Morgan fingerprint density at radius 2 is 2.11 bits per heavy atom. The van der Waals surface area contributed by atoms with Crippen LogP contribution in [0.15, 0.2) is 16.9 Å². The largest absolute Gasteiger partial charge is 0.406 e. The van der Waals surface area contributed by atoms with Crippen LogP contribution in [0.3, 0.4) is 0 Å². The molecule has 0 atom stereocenters. The molecule has 1 amide bonds. The molecular weight excluding hydrogens is 255 g/mol. The van der Waals surface area contributed by atoms with Crippen LogP contribution in [0.25, 0.3) is 0 Å². The summed E-state index contributed by atoms with van der Waals surface area (Å²) in [5.41, 5.74) is -0.900. The van der Waals surface area contributed by atoms with Gasteiger partial charge in [-0.1, -0.05) is 0 Å². The third kappa shape index (κ3) is 4.17. The van der Waals surface area contributed by atoms with E-state index in [4.69, 9.17) is 5.11 Å². The van der Waals surface area contributed by atoms with Gasteiger partial charge in [0.15, 0.2) is 0 Å². The number of nitrogens with zero attached hydrogens (tertiary/aromatic N) is 2. The molecule has 9 heteroatoms. The van der Waals surface area contributed by atoms with Gasteiger partial charge in [0.1, 0.15) is 12.2 Å². The number of hydrogen-bond acceptors (Lipinski definition) is 4. The van der Waals surface area contributed by atoms with E-state index in [0.717, 1.165) is 12.1 Å². The lowest BCUT2D eigenvalue weighted by atomic mass is 10.3. The Balaban J connectivity index is 2.88. The molecule has 0 bridgehead atoms. The maximum atomic E-state index is 12.2. The van der Waals surface area contributed by atoms with Crippen molar-refractivity contribution in [3.63, 3.8) is 0 Å². The minimum atomic E-state index is -4.58. The Hall–Kier alpha value is -1.90. The first-order valence-electron chi connectivity index (χ1n) is 4.86. The zero-order valence-electron chi connectivity index (χ0n) is 9.07. The fourth-order valence-electron chi connectivity index (χ4n) is 1.22. The van der Waals surface area contributed by atoms with E-state index in [1.807, 2.05) is 5.10 Å². The van der Waals surface area contributed by atoms with Crippen molar-refractivity contribution in [2.75, 3.05) is 19.7 Å². The third-order valence-electron chi connectivity index (χ3n) is 1.93. The van der Waals surface area contributed by atoms with E-state index in [1.165, 1.54) is 0 Å². The van der Waals surface area contributed by atoms with Crippen LogP contribution < -0.4 is 5.56 Å². The number of alkyl halides is 3. The molecule has 2 N–H and O–H groups in total. The maximum absolute atomic E-state index is 12.2. The van der Waals surface area contributed by atoms with Gasteiger partial charge >= 0.3 is 6.18 Å². The lowest BCUT2D eigenvalue weighted by molar-refractivity contribution is -0.141. The van der Waals surface area contributed by atoms with E-state index in [1.54, 1.807) is 0 Å². The van der Waals surface area contributed by atoms with Crippen molar-refractivity contribution in [2.45, 2.75) is 6.18 Å². The minimum absolute atomic E-state index is 0.327. The molecular formula is C9H10F3N3O3. The fourth-order valence-corrected chi connectivity index (χ4v) is 1.22. The zero-order valence-corrected chi connectivity index (χ0v) is 9.07. The second-order valence-electron chi connectivity index (χ2n) is 3.37. The summed E-state index contributed by atoms with van der Waals surface area (Å²) in [6.45, 7) is -2.57. The van der Waals surface area contributed by atoms with Gasteiger partial charge in [0.2, 0.25) is 0 Å². The van der Waals surface area contributed by atoms with Crippen molar-refractivity contribution in [3.05, 3.63) is 28.2 Å².